The molecule has 1 saturated heterocycles. The Labute approximate surface area is 149 Å². The molecule has 134 valence electrons. The molecule has 3 aromatic rings. The molecule has 0 radical (unpaired) electrons. The van der Waals surface area contributed by atoms with Crippen LogP contribution in [0.3, 0.4) is 0 Å². The van der Waals surface area contributed by atoms with E-state index in [1.807, 2.05) is 0 Å². The third kappa shape index (κ3) is 2.87. The highest BCUT2D eigenvalue weighted by Crippen LogP contribution is 2.32. The Morgan fingerprint density at radius 1 is 1.31 bits per heavy atom. The van der Waals surface area contributed by atoms with E-state index in [9.17, 15) is 9.18 Å². The summed E-state index contributed by atoms with van der Waals surface area (Å²) in [7, 11) is 1.72. The minimum Gasteiger partial charge on any atom is -0.337 e. The number of aromatic nitrogens is 4. The van der Waals surface area contributed by atoms with Crippen molar-refractivity contribution in [3.63, 3.8) is 0 Å². The molecule has 0 saturated carbocycles. The van der Waals surface area contributed by atoms with Crippen LogP contribution >= 0.6 is 0 Å². The fraction of sp³-hybridized carbons (Fsp3) is 0.333. The minimum atomic E-state index is -0.309. The summed E-state index contributed by atoms with van der Waals surface area (Å²) in [4.78, 5) is 19.1. The monoisotopic (exact) mass is 355 g/mol. The zero-order valence-electron chi connectivity index (χ0n) is 14.5. The number of hydrogen-bond donors (Lipinski definition) is 0. The number of benzene rings is 1. The molecule has 26 heavy (non-hydrogen) atoms. The Hall–Kier alpha value is -3.03. The lowest BCUT2D eigenvalue weighted by atomic mass is 10.1. The molecule has 8 heteroatoms. The molecule has 1 amide bonds. The topological polar surface area (TPSA) is 77.0 Å². The third-order valence-electron chi connectivity index (χ3n) is 4.58. The summed E-state index contributed by atoms with van der Waals surface area (Å²) in [6, 6.07) is 7.55. The number of nitrogens with zero attached hydrogens (tertiary/aromatic N) is 5. The number of amides is 1. The van der Waals surface area contributed by atoms with Gasteiger partial charge in [0.2, 0.25) is 5.89 Å². The van der Waals surface area contributed by atoms with E-state index in [2.05, 4.69) is 15.2 Å². The molecule has 7 nitrogen and oxygen atoms in total. The average Bonchev–Trinajstić information content (AvgIpc) is 3.34. The predicted molar refractivity (Wildman–Crippen MR) is 90.6 cm³/mol. The summed E-state index contributed by atoms with van der Waals surface area (Å²) in [6.07, 6.45) is 1.66. The van der Waals surface area contributed by atoms with Crippen molar-refractivity contribution < 1.29 is 13.7 Å². The van der Waals surface area contributed by atoms with Gasteiger partial charge in [0.1, 0.15) is 17.6 Å². The molecule has 0 aliphatic carbocycles. The van der Waals surface area contributed by atoms with Crippen molar-refractivity contribution in [2.75, 3.05) is 6.54 Å². The SMILES string of the molecule is Cc1noc(C2CCCN2C(=O)c2cc(-c3ccc(F)cc3)nn2C)n1. The van der Waals surface area contributed by atoms with Crippen LogP contribution in [0.1, 0.15) is 41.1 Å². The average molecular weight is 355 g/mol. The lowest BCUT2D eigenvalue weighted by molar-refractivity contribution is 0.0699. The molecule has 1 unspecified atom stereocenters. The van der Waals surface area contributed by atoms with Crippen molar-refractivity contribution in [3.8, 4) is 11.3 Å². The maximum Gasteiger partial charge on any atom is 0.272 e. The summed E-state index contributed by atoms with van der Waals surface area (Å²) in [6.45, 7) is 2.38. The third-order valence-corrected chi connectivity index (χ3v) is 4.58. The van der Waals surface area contributed by atoms with Crippen LogP contribution < -0.4 is 0 Å². The van der Waals surface area contributed by atoms with E-state index < -0.39 is 0 Å². The highest BCUT2D eigenvalue weighted by atomic mass is 19.1. The van der Waals surface area contributed by atoms with Gasteiger partial charge in [-0.25, -0.2) is 4.39 Å². The van der Waals surface area contributed by atoms with Gasteiger partial charge >= 0.3 is 0 Å². The standard InChI is InChI=1S/C18H18FN5O2/c1-11-20-17(26-22-11)15-4-3-9-24(15)18(25)16-10-14(21-23(16)2)12-5-7-13(19)8-6-12/h5-8,10,15H,3-4,9H2,1-2H3. The Morgan fingerprint density at radius 2 is 2.08 bits per heavy atom. The van der Waals surface area contributed by atoms with Crippen LogP contribution in [-0.4, -0.2) is 37.3 Å². The molecule has 1 fully saturated rings. The van der Waals surface area contributed by atoms with Crippen molar-refractivity contribution in [2.45, 2.75) is 25.8 Å². The van der Waals surface area contributed by atoms with Crippen molar-refractivity contribution in [2.24, 2.45) is 7.05 Å². The maximum absolute atomic E-state index is 13.1. The van der Waals surface area contributed by atoms with Gasteiger partial charge in [0.05, 0.1) is 5.69 Å². The van der Waals surface area contributed by atoms with E-state index in [1.165, 1.54) is 12.1 Å². The van der Waals surface area contributed by atoms with E-state index in [1.54, 1.807) is 41.8 Å². The van der Waals surface area contributed by atoms with Crippen LogP contribution in [0.15, 0.2) is 34.9 Å². The van der Waals surface area contributed by atoms with Gasteiger partial charge in [-0.2, -0.15) is 10.1 Å². The van der Waals surface area contributed by atoms with Crippen LogP contribution in [-0.2, 0) is 7.05 Å². The number of carbonyl (C=O) groups is 1. The number of aryl methyl sites for hydroxylation is 2. The summed E-state index contributed by atoms with van der Waals surface area (Å²) in [5.41, 5.74) is 1.85. The molecule has 1 aromatic carbocycles. The van der Waals surface area contributed by atoms with Crippen molar-refractivity contribution in [1.29, 1.82) is 0 Å². The molecule has 4 rings (SSSR count). The summed E-state index contributed by atoms with van der Waals surface area (Å²) < 4.78 is 19.9. The first-order valence-electron chi connectivity index (χ1n) is 8.44. The van der Waals surface area contributed by atoms with E-state index in [0.717, 1.165) is 18.4 Å². The highest BCUT2D eigenvalue weighted by Gasteiger charge is 2.35. The first kappa shape index (κ1) is 16.4. The molecule has 1 aliphatic rings. The maximum atomic E-state index is 13.1. The van der Waals surface area contributed by atoms with Gasteiger partial charge in [-0.3, -0.25) is 9.48 Å². The van der Waals surface area contributed by atoms with Crippen molar-refractivity contribution in [3.05, 3.63) is 53.6 Å². The minimum absolute atomic E-state index is 0.133. The summed E-state index contributed by atoms with van der Waals surface area (Å²) >= 11 is 0. The fourth-order valence-corrected chi connectivity index (χ4v) is 3.29. The lowest BCUT2D eigenvalue weighted by Crippen LogP contribution is -2.32. The first-order valence-corrected chi connectivity index (χ1v) is 8.44. The van der Waals surface area contributed by atoms with E-state index >= 15 is 0 Å². The van der Waals surface area contributed by atoms with Crippen LogP contribution in [0, 0.1) is 12.7 Å². The van der Waals surface area contributed by atoms with Gasteiger partial charge < -0.3 is 9.42 Å². The molecule has 0 N–H and O–H groups in total. The normalized spacial score (nSPS) is 17.0. The van der Waals surface area contributed by atoms with Gasteiger partial charge in [-0.1, -0.05) is 5.16 Å². The van der Waals surface area contributed by atoms with Gasteiger partial charge in [-0.05, 0) is 50.1 Å². The molecule has 0 spiro atoms. The Morgan fingerprint density at radius 3 is 2.77 bits per heavy atom. The van der Waals surface area contributed by atoms with Crippen LogP contribution in [0.4, 0.5) is 4.39 Å². The van der Waals surface area contributed by atoms with E-state index in [0.29, 0.717) is 29.6 Å². The highest BCUT2D eigenvalue weighted by molar-refractivity contribution is 5.94. The zero-order chi connectivity index (χ0) is 18.3. The molecule has 1 aliphatic heterocycles. The summed E-state index contributed by atoms with van der Waals surface area (Å²) in [5.74, 6) is 0.579. The molecule has 2 aromatic heterocycles. The molecular weight excluding hydrogens is 337 g/mol. The smallest absolute Gasteiger partial charge is 0.272 e. The summed E-state index contributed by atoms with van der Waals surface area (Å²) in [5, 5.41) is 8.22. The number of likely N-dealkylation sites (tertiary alicyclic amines) is 1. The predicted octanol–water partition coefficient (Wildman–Crippen LogP) is 2.89. The Kier molecular flexibility index (Phi) is 4.02. The first-order chi connectivity index (χ1) is 12.5. The second kappa shape index (κ2) is 6.36. The van der Waals surface area contributed by atoms with Gasteiger partial charge in [0, 0.05) is 19.2 Å². The Balaban J connectivity index is 1.62. The number of hydrogen-bond acceptors (Lipinski definition) is 5. The largest absolute Gasteiger partial charge is 0.337 e. The van der Waals surface area contributed by atoms with Gasteiger partial charge in [-0.15, -0.1) is 0 Å². The quantitative estimate of drug-likeness (QED) is 0.722. The lowest BCUT2D eigenvalue weighted by Gasteiger charge is -2.21. The van der Waals surface area contributed by atoms with Crippen LogP contribution in [0.2, 0.25) is 0 Å². The van der Waals surface area contributed by atoms with Gasteiger partial charge in [0.15, 0.2) is 5.82 Å². The molecule has 0 bridgehead atoms. The molecule has 3 heterocycles. The van der Waals surface area contributed by atoms with Crippen LogP contribution in [0.25, 0.3) is 11.3 Å². The van der Waals surface area contributed by atoms with E-state index in [4.69, 9.17) is 4.52 Å². The second-order valence-electron chi connectivity index (χ2n) is 6.38. The molecule has 1 atom stereocenters. The number of halogens is 1. The number of rotatable bonds is 3. The number of carbonyl (C=O) groups excluding carboxylic acids is 1. The van der Waals surface area contributed by atoms with Crippen molar-refractivity contribution in [1.82, 2.24) is 24.8 Å². The van der Waals surface area contributed by atoms with Crippen LogP contribution in [0.5, 0.6) is 0 Å². The molecular formula is C18H18FN5O2. The second-order valence-corrected chi connectivity index (χ2v) is 6.38. The van der Waals surface area contributed by atoms with Crippen molar-refractivity contribution >= 4 is 5.91 Å². The van der Waals surface area contributed by atoms with Gasteiger partial charge in [0.25, 0.3) is 5.91 Å². The fourth-order valence-electron chi connectivity index (χ4n) is 3.29. The van der Waals surface area contributed by atoms with E-state index in [-0.39, 0.29) is 17.8 Å². The zero-order valence-corrected chi connectivity index (χ0v) is 14.5. The Bertz CT molecular complexity index is 947.